The van der Waals surface area contributed by atoms with Crippen molar-refractivity contribution >= 4 is 5.69 Å². The molecule has 1 heterocycles. The van der Waals surface area contributed by atoms with Crippen molar-refractivity contribution < 1.29 is 0 Å². The van der Waals surface area contributed by atoms with Crippen LogP contribution < -0.4 is 5.32 Å². The summed E-state index contributed by atoms with van der Waals surface area (Å²) in [5, 5.41) is 7.75. The molecule has 0 radical (unpaired) electrons. The summed E-state index contributed by atoms with van der Waals surface area (Å²) in [7, 11) is 1.94. The molecule has 1 aromatic carbocycles. The molecular formula is C14H20N4. The van der Waals surface area contributed by atoms with E-state index in [9.17, 15) is 0 Å². The molecule has 4 heteroatoms. The third kappa shape index (κ3) is 3.09. The monoisotopic (exact) mass is 244 g/mol. The van der Waals surface area contributed by atoms with Gasteiger partial charge < -0.3 is 5.32 Å². The maximum Gasteiger partial charge on any atom is 0.151 e. The fourth-order valence-corrected chi connectivity index (χ4v) is 1.81. The van der Waals surface area contributed by atoms with Gasteiger partial charge in [0.25, 0.3) is 0 Å². The molecule has 1 aromatic heterocycles. The Morgan fingerprint density at radius 2 is 1.94 bits per heavy atom. The Labute approximate surface area is 108 Å². The molecule has 2 rings (SSSR count). The van der Waals surface area contributed by atoms with Crippen LogP contribution in [-0.2, 0) is 20.0 Å². The summed E-state index contributed by atoms with van der Waals surface area (Å²) in [5.74, 6) is 1.90. The van der Waals surface area contributed by atoms with Gasteiger partial charge in [0, 0.05) is 19.2 Å². The van der Waals surface area contributed by atoms with Crippen molar-refractivity contribution in [2.75, 3.05) is 5.32 Å². The standard InChI is InChI=1S/C14H20N4/c1-4-5-13-16-14(18(3)17-13)10-15-12-8-6-11(2)7-9-12/h6-9,15H,4-5,10H2,1-3H3. The van der Waals surface area contributed by atoms with Gasteiger partial charge in [-0.1, -0.05) is 24.6 Å². The van der Waals surface area contributed by atoms with Crippen LogP contribution in [0.3, 0.4) is 0 Å². The number of hydrogen-bond acceptors (Lipinski definition) is 3. The second-order valence-electron chi connectivity index (χ2n) is 4.54. The third-order valence-corrected chi connectivity index (χ3v) is 2.87. The van der Waals surface area contributed by atoms with Gasteiger partial charge in [-0.05, 0) is 25.5 Å². The molecule has 0 fully saturated rings. The molecule has 96 valence electrons. The summed E-state index contributed by atoms with van der Waals surface area (Å²) in [4.78, 5) is 4.52. The molecule has 0 aliphatic rings. The SMILES string of the molecule is CCCc1nc(CNc2ccc(C)cc2)n(C)n1. The highest BCUT2D eigenvalue weighted by atomic mass is 15.3. The van der Waals surface area contributed by atoms with Gasteiger partial charge >= 0.3 is 0 Å². The number of nitrogens with zero attached hydrogens (tertiary/aromatic N) is 3. The Kier molecular flexibility index (Phi) is 3.97. The zero-order chi connectivity index (χ0) is 13.0. The topological polar surface area (TPSA) is 42.7 Å². The minimum Gasteiger partial charge on any atom is -0.378 e. The molecule has 18 heavy (non-hydrogen) atoms. The van der Waals surface area contributed by atoms with Gasteiger partial charge in [0.2, 0.25) is 0 Å². The van der Waals surface area contributed by atoms with E-state index in [1.54, 1.807) is 0 Å². The van der Waals surface area contributed by atoms with Crippen molar-refractivity contribution in [1.82, 2.24) is 14.8 Å². The highest BCUT2D eigenvalue weighted by Gasteiger charge is 2.05. The predicted molar refractivity (Wildman–Crippen MR) is 73.5 cm³/mol. The summed E-state index contributed by atoms with van der Waals surface area (Å²) in [6, 6.07) is 8.36. The lowest BCUT2D eigenvalue weighted by Gasteiger charge is -2.05. The van der Waals surface area contributed by atoms with Crippen molar-refractivity contribution in [3.63, 3.8) is 0 Å². The highest BCUT2D eigenvalue weighted by molar-refractivity contribution is 5.44. The van der Waals surface area contributed by atoms with Crippen molar-refractivity contribution in [2.24, 2.45) is 7.05 Å². The van der Waals surface area contributed by atoms with Gasteiger partial charge in [0.05, 0.1) is 6.54 Å². The normalized spacial score (nSPS) is 10.6. The van der Waals surface area contributed by atoms with Crippen LogP contribution >= 0.6 is 0 Å². The van der Waals surface area contributed by atoms with Gasteiger partial charge in [-0.2, -0.15) is 5.10 Å². The van der Waals surface area contributed by atoms with Crippen LogP contribution in [0.4, 0.5) is 5.69 Å². The van der Waals surface area contributed by atoms with E-state index in [0.29, 0.717) is 6.54 Å². The molecule has 4 nitrogen and oxygen atoms in total. The molecule has 0 saturated heterocycles. The van der Waals surface area contributed by atoms with Crippen LogP contribution in [0.1, 0.15) is 30.6 Å². The van der Waals surface area contributed by atoms with Crippen LogP contribution in [-0.4, -0.2) is 14.8 Å². The average molecular weight is 244 g/mol. The molecular weight excluding hydrogens is 224 g/mol. The van der Waals surface area contributed by atoms with Gasteiger partial charge in [-0.3, -0.25) is 4.68 Å². The Morgan fingerprint density at radius 1 is 1.22 bits per heavy atom. The van der Waals surface area contributed by atoms with Gasteiger partial charge in [0.15, 0.2) is 5.82 Å². The van der Waals surface area contributed by atoms with Crippen LogP contribution in [0.2, 0.25) is 0 Å². The number of anilines is 1. The van der Waals surface area contributed by atoms with E-state index in [2.05, 4.69) is 53.5 Å². The summed E-state index contributed by atoms with van der Waals surface area (Å²) in [5.41, 5.74) is 2.38. The van der Waals surface area contributed by atoms with Crippen molar-refractivity contribution in [3.05, 3.63) is 41.5 Å². The lowest BCUT2D eigenvalue weighted by Crippen LogP contribution is -2.06. The van der Waals surface area contributed by atoms with Gasteiger partial charge in [-0.15, -0.1) is 0 Å². The van der Waals surface area contributed by atoms with Gasteiger partial charge in [0.1, 0.15) is 5.82 Å². The second-order valence-corrected chi connectivity index (χ2v) is 4.54. The number of nitrogens with one attached hydrogen (secondary N) is 1. The number of hydrogen-bond donors (Lipinski definition) is 1. The van der Waals surface area contributed by atoms with Crippen molar-refractivity contribution in [2.45, 2.75) is 33.2 Å². The van der Waals surface area contributed by atoms with Crippen LogP contribution in [0, 0.1) is 6.92 Å². The molecule has 0 spiro atoms. The first-order valence-corrected chi connectivity index (χ1v) is 6.38. The van der Waals surface area contributed by atoms with E-state index in [1.165, 1.54) is 5.56 Å². The van der Waals surface area contributed by atoms with E-state index in [-0.39, 0.29) is 0 Å². The number of rotatable bonds is 5. The van der Waals surface area contributed by atoms with E-state index in [4.69, 9.17) is 0 Å². The highest BCUT2D eigenvalue weighted by Crippen LogP contribution is 2.10. The number of aryl methyl sites for hydroxylation is 3. The molecule has 1 N–H and O–H groups in total. The quantitative estimate of drug-likeness (QED) is 0.879. The zero-order valence-electron chi connectivity index (χ0n) is 11.3. The number of aromatic nitrogens is 3. The fourth-order valence-electron chi connectivity index (χ4n) is 1.81. The Balaban J connectivity index is 1.99. The van der Waals surface area contributed by atoms with Crippen molar-refractivity contribution in [3.8, 4) is 0 Å². The van der Waals surface area contributed by atoms with Crippen molar-refractivity contribution in [1.29, 1.82) is 0 Å². The third-order valence-electron chi connectivity index (χ3n) is 2.87. The lowest BCUT2D eigenvalue weighted by atomic mass is 10.2. The van der Waals surface area contributed by atoms with Crippen LogP contribution in [0.25, 0.3) is 0 Å². The lowest BCUT2D eigenvalue weighted by molar-refractivity contribution is 0.698. The van der Waals surface area contributed by atoms with E-state index >= 15 is 0 Å². The minimum absolute atomic E-state index is 0.705. The summed E-state index contributed by atoms with van der Waals surface area (Å²) in [6.07, 6.45) is 2.02. The van der Waals surface area contributed by atoms with Crippen LogP contribution in [0.15, 0.2) is 24.3 Å². The van der Waals surface area contributed by atoms with E-state index < -0.39 is 0 Å². The largest absolute Gasteiger partial charge is 0.378 e. The molecule has 0 bridgehead atoms. The predicted octanol–water partition coefficient (Wildman–Crippen LogP) is 2.69. The first-order valence-electron chi connectivity index (χ1n) is 6.38. The molecule has 0 aliphatic heterocycles. The maximum absolute atomic E-state index is 4.52. The molecule has 2 aromatic rings. The second kappa shape index (κ2) is 5.67. The van der Waals surface area contributed by atoms with Crippen LogP contribution in [0.5, 0.6) is 0 Å². The minimum atomic E-state index is 0.705. The average Bonchev–Trinajstić information content (AvgIpc) is 2.70. The Morgan fingerprint density at radius 3 is 2.61 bits per heavy atom. The first kappa shape index (κ1) is 12.6. The summed E-state index contributed by atoms with van der Waals surface area (Å²) < 4.78 is 1.85. The Hall–Kier alpha value is -1.84. The molecule has 0 aliphatic carbocycles. The summed E-state index contributed by atoms with van der Waals surface area (Å²) >= 11 is 0. The van der Waals surface area contributed by atoms with E-state index in [0.717, 1.165) is 30.2 Å². The smallest absolute Gasteiger partial charge is 0.151 e. The zero-order valence-corrected chi connectivity index (χ0v) is 11.3. The summed E-state index contributed by atoms with van der Waals surface area (Å²) in [6.45, 7) is 4.93. The molecule has 0 unspecified atom stereocenters. The molecule has 0 amide bonds. The fraction of sp³-hybridized carbons (Fsp3) is 0.429. The molecule has 0 atom stereocenters. The Bertz CT molecular complexity index is 499. The first-order chi connectivity index (χ1) is 8.69. The molecule has 0 saturated carbocycles. The maximum atomic E-state index is 4.52. The van der Waals surface area contributed by atoms with E-state index in [1.807, 2.05) is 11.7 Å². The van der Waals surface area contributed by atoms with Gasteiger partial charge in [-0.25, -0.2) is 4.98 Å². The number of benzene rings is 1.